The molecule has 0 bridgehead atoms. The van der Waals surface area contributed by atoms with Crippen LogP contribution in [0.3, 0.4) is 0 Å². The number of anilines is 2. The Morgan fingerprint density at radius 2 is 2.03 bits per heavy atom. The molecule has 0 saturated heterocycles. The van der Waals surface area contributed by atoms with Gasteiger partial charge in [-0.3, -0.25) is 9.78 Å². The van der Waals surface area contributed by atoms with Crippen molar-refractivity contribution in [2.45, 2.75) is 25.4 Å². The summed E-state index contributed by atoms with van der Waals surface area (Å²) < 4.78 is 40.3. The number of nitrogens with one attached hydrogen (secondary N) is 1. The van der Waals surface area contributed by atoms with Crippen LogP contribution in [-0.2, 0) is 13.2 Å². The number of rotatable bonds is 6. The summed E-state index contributed by atoms with van der Waals surface area (Å²) in [6.45, 7) is 1.89. The summed E-state index contributed by atoms with van der Waals surface area (Å²) in [5.41, 5.74) is 0.919. The van der Waals surface area contributed by atoms with Gasteiger partial charge in [-0.05, 0) is 24.1 Å². The topological polar surface area (TPSA) is 85.6 Å². The van der Waals surface area contributed by atoms with Gasteiger partial charge in [-0.1, -0.05) is 13.0 Å². The van der Waals surface area contributed by atoms with Crippen LogP contribution in [0.5, 0.6) is 0 Å². The first-order valence-electron chi connectivity index (χ1n) is 9.28. The number of fused-ring (bicyclic) bond motifs is 1. The second kappa shape index (κ2) is 8.06. The molecule has 0 aliphatic carbocycles. The predicted octanol–water partition coefficient (Wildman–Crippen LogP) is 4.96. The first-order chi connectivity index (χ1) is 14.7. The molecule has 1 atom stereocenters. The van der Waals surface area contributed by atoms with E-state index in [0.29, 0.717) is 16.3 Å². The Balaban J connectivity index is 1.44. The zero-order valence-electron chi connectivity index (χ0n) is 16.5. The molecule has 0 fully saturated rings. The van der Waals surface area contributed by atoms with E-state index in [1.165, 1.54) is 23.5 Å². The molecule has 0 saturated carbocycles. The number of thiazole rings is 1. The molecule has 7 nitrogen and oxygen atoms in total. The van der Waals surface area contributed by atoms with Crippen molar-refractivity contribution in [2.75, 3.05) is 5.32 Å². The number of imidazole rings is 1. The number of ketones is 1. The van der Waals surface area contributed by atoms with Gasteiger partial charge in [-0.25, -0.2) is 15.0 Å². The first kappa shape index (κ1) is 20.9. The van der Waals surface area contributed by atoms with Crippen LogP contribution in [-0.4, -0.2) is 30.3 Å². The van der Waals surface area contributed by atoms with Crippen molar-refractivity contribution in [2.24, 2.45) is 7.05 Å². The number of alkyl halides is 3. The molecular formula is C20H17F3N6OS. The van der Waals surface area contributed by atoms with Gasteiger partial charge in [-0.15, -0.1) is 11.3 Å². The highest BCUT2D eigenvalue weighted by Crippen LogP contribution is 2.32. The molecular weight excluding hydrogens is 429 g/mol. The lowest BCUT2D eigenvalue weighted by molar-refractivity contribution is -0.141. The molecule has 1 N–H and O–H groups in total. The number of carbonyl (C=O) groups excluding carboxylic acids is 1. The number of hydrogen-bond acceptors (Lipinski definition) is 7. The number of aryl methyl sites for hydroxylation is 1. The number of Topliss-reactive ketones (excluding diaryl/α,β-unsaturated/α-hetero) is 1. The lowest BCUT2D eigenvalue weighted by atomic mass is 10.0. The number of pyridine rings is 2. The van der Waals surface area contributed by atoms with Crippen LogP contribution < -0.4 is 5.32 Å². The van der Waals surface area contributed by atoms with Crippen LogP contribution in [0.2, 0.25) is 0 Å². The fourth-order valence-corrected chi connectivity index (χ4v) is 3.88. The van der Waals surface area contributed by atoms with E-state index < -0.39 is 11.9 Å². The minimum absolute atomic E-state index is 0.0492. The Bertz CT molecular complexity index is 1250. The van der Waals surface area contributed by atoms with Gasteiger partial charge < -0.3 is 9.88 Å². The van der Waals surface area contributed by atoms with Crippen molar-refractivity contribution in [1.82, 2.24) is 24.5 Å². The van der Waals surface area contributed by atoms with E-state index in [1.54, 1.807) is 24.8 Å². The average molecular weight is 446 g/mol. The molecule has 1 unspecified atom stereocenters. The molecule has 0 aromatic carbocycles. The van der Waals surface area contributed by atoms with E-state index in [2.05, 4.69) is 25.3 Å². The van der Waals surface area contributed by atoms with Gasteiger partial charge in [0.2, 0.25) is 0 Å². The second-order valence-corrected chi connectivity index (χ2v) is 8.10. The maximum absolute atomic E-state index is 12.8. The Labute approximate surface area is 179 Å². The molecule has 0 radical (unpaired) electrons. The highest BCUT2D eigenvalue weighted by Gasteiger charge is 2.32. The van der Waals surface area contributed by atoms with Gasteiger partial charge in [0.1, 0.15) is 22.7 Å². The van der Waals surface area contributed by atoms with Gasteiger partial charge in [0.25, 0.3) is 0 Å². The van der Waals surface area contributed by atoms with Crippen molar-refractivity contribution >= 4 is 39.1 Å². The smallest absolute Gasteiger partial charge is 0.334 e. The molecule has 0 aliphatic rings. The quantitative estimate of drug-likeness (QED) is 0.422. The molecule has 4 aromatic heterocycles. The van der Waals surface area contributed by atoms with Crippen LogP contribution in [0, 0.1) is 0 Å². The van der Waals surface area contributed by atoms with Gasteiger partial charge in [0.05, 0.1) is 18.0 Å². The van der Waals surface area contributed by atoms with Crippen LogP contribution in [0.25, 0.3) is 11.0 Å². The largest absolute Gasteiger partial charge is 0.433 e. The molecule has 0 amide bonds. The standard InChI is InChI=1S/C20H17F3N6OS/c1-11(6-15(30)12-7-14-13(8-24-12)26-10-29(14)2)16-9-25-19(31-16)28-18-5-3-4-17(27-18)20(21,22)23/h3-5,7-11H,6H2,1-2H3,(H,25,27,28). The normalized spacial score (nSPS) is 12.8. The van der Waals surface area contributed by atoms with Crippen molar-refractivity contribution in [3.8, 4) is 0 Å². The molecule has 4 heterocycles. The summed E-state index contributed by atoms with van der Waals surface area (Å²) >= 11 is 1.26. The lowest BCUT2D eigenvalue weighted by Crippen LogP contribution is -2.08. The number of hydrogen-bond donors (Lipinski definition) is 1. The summed E-state index contributed by atoms with van der Waals surface area (Å²) in [5, 5.41) is 3.19. The summed E-state index contributed by atoms with van der Waals surface area (Å²) in [6, 6.07) is 5.34. The number of nitrogens with zero attached hydrogens (tertiary/aromatic N) is 5. The molecule has 0 spiro atoms. The zero-order valence-corrected chi connectivity index (χ0v) is 17.3. The van der Waals surface area contributed by atoms with E-state index in [0.717, 1.165) is 16.5 Å². The van der Waals surface area contributed by atoms with Crippen LogP contribution in [0.1, 0.15) is 40.3 Å². The summed E-state index contributed by atoms with van der Waals surface area (Å²) in [5.74, 6) is -0.203. The number of halogens is 3. The average Bonchev–Trinajstić information content (AvgIpc) is 3.34. The third kappa shape index (κ3) is 4.55. The summed E-state index contributed by atoms with van der Waals surface area (Å²) in [7, 11) is 1.84. The Hall–Kier alpha value is -3.34. The third-order valence-corrected chi connectivity index (χ3v) is 5.82. The van der Waals surface area contributed by atoms with E-state index in [1.807, 2.05) is 18.5 Å². The minimum atomic E-state index is -4.52. The Morgan fingerprint density at radius 3 is 2.81 bits per heavy atom. The van der Waals surface area contributed by atoms with Crippen molar-refractivity contribution in [3.05, 3.63) is 59.3 Å². The molecule has 11 heteroatoms. The molecule has 4 aromatic rings. The summed E-state index contributed by atoms with van der Waals surface area (Å²) in [4.78, 5) is 29.7. The lowest BCUT2D eigenvalue weighted by Gasteiger charge is -2.08. The maximum atomic E-state index is 12.8. The van der Waals surface area contributed by atoms with Gasteiger partial charge in [0, 0.05) is 24.5 Å². The molecule has 4 rings (SSSR count). The van der Waals surface area contributed by atoms with Gasteiger partial charge in [0.15, 0.2) is 10.9 Å². The third-order valence-electron chi connectivity index (χ3n) is 4.67. The Kier molecular flexibility index (Phi) is 5.44. The minimum Gasteiger partial charge on any atom is -0.334 e. The maximum Gasteiger partial charge on any atom is 0.433 e. The highest BCUT2D eigenvalue weighted by atomic mass is 32.1. The van der Waals surface area contributed by atoms with Crippen molar-refractivity contribution in [3.63, 3.8) is 0 Å². The SMILES string of the molecule is CC(CC(=O)c1cc2c(cn1)ncn2C)c1cnc(Nc2cccc(C(F)(F)F)n2)s1. The fourth-order valence-electron chi connectivity index (χ4n) is 3.01. The first-order valence-corrected chi connectivity index (χ1v) is 10.1. The van der Waals surface area contributed by atoms with Crippen LogP contribution in [0.4, 0.5) is 24.1 Å². The van der Waals surface area contributed by atoms with Crippen LogP contribution >= 0.6 is 11.3 Å². The van der Waals surface area contributed by atoms with E-state index in [4.69, 9.17) is 0 Å². The number of aromatic nitrogens is 5. The van der Waals surface area contributed by atoms with E-state index in [-0.39, 0.29) is 23.9 Å². The van der Waals surface area contributed by atoms with E-state index >= 15 is 0 Å². The van der Waals surface area contributed by atoms with Gasteiger partial charge in [-0.2, -0.15) is 13.2 Å². The molecule has 31 heavy (non-hydrogen) atoms. The highest BCUT2D eigenvalue weighted by molar-refractivity contribution is 7.15. The van der Waals surface area contributed by atoms with Crippen molar-refractivity contribution < 1.29 is 18.0 Å². The fraction of sp³-hybridized carbons (Fsp3) is 0.250. The van der Waals surface area contributed by atoms with Crippen molar-refractivity contribution in [1.29, 1.82) is 0 Å². The number of carbonyl (C=O) groups is 1. The monoisotopic (exact) mass is 446 g/mol. The molecule has 160 valence electrons. The van der Waals surface area contributed by atoms with Gasteiger partial charge >= 0.3 is 6.18 Å². The second-order valence-electron chi connectivity index (χ2n) is 7.04. The Morgan fingerprint density at radius 1 is 1.23 bits per heavy atom. The molecule has 0 aliphatic heterocycles. The summed E-state index contributed by atoms with van der Waals surface area (Å²) in [6.07, 6.45) is 0.543. The zero-order chi connectivity index (χ0) is 22.2. The van der Waals surface area contributed by atoms with E-state index in [9.17, 15) is 18.0 Å². The predicted molar refractivity (Wildman–Crippen MR) is 111 cm³/mol. The van der Waals surface area contributed by atoms with Crippen LogP contribution in [0.15, 0.2) is 43.0 Å².